The molecule has 3 aromatic rings. The SMILES string of the molecule is N#Cc1ccc2nc(NC3CC3)c(N3CCC(C(F)c4ccc(F)cc4F)CC3)nc2c1.O=C(O)C(F)(F)F. The predicted octanol–water partition coefficient (Wildman–Crippen LogP) is 5.91. The Morgan fingerprint density at radius 3 is 2.28 bits per heavy atom. The van der Waals surface area contributed by atoms with E-state index in [1.807, 2.05) is 0 Å². The molecule has 1 aliphatic carbocycles. The molecule has 39 heavy (non-hydrogen) atoms. The molecule has 1 saturated heterocycles. The van der Waals surface area contributed by atoms with Crippen LogP contribution in [0.5, 0.6) is 0 Å². The molecule has 13 heteroatoms. The van der Waals surface area contributed by atoms with Crippen molar-refractivity contribution in [3.05, 3.63) is 59.2 Å². The number of nitriles is 1. The zero-order chi connectivity index (χ0) is 28.3. The van der Waals surface area contributed by atoms with Gasteiger partial charge in [0, 0.05) is 30.8 Å². The third-order valence-electron chi connectivity index (χ3n) is 6.45. The lowest BCUT2D eigenvalue weighted by Gasteiger charge is -2.35. The summed E-state index contributed by atoms with van der Waals surface area (Å²) < 4.78 is 74.0. The first-order valence-corrected chi connectivity index (χ1v) is 12.1. The number of fused-ring (bicyclic) bond motifs is 1. The van der Waals surface area contributed by atoms with Crippen LogP contribution < -0.4 is 10.2 Å². The molecule has 2 fully saturated rings. The molecule has 0 amide bonds. The van der Waals surface area contributed by atoms with Gasteiger partial charge in [0.25, 0.3) is 0 Å². The minimum absolute atomic E-state index is 0.0875. The normalized spacial score (nSPS) is 16.7. The number of piperidine rings is 1. The highest BCUT2D eigenvalue weighted by atomic mass is 19.4. The first-order chi connectivity index (χ1) is 18.5. The second-order valence-corrected chi connectivity index (χ2v) is 9.32. The molecule has 1 unspecified atom stereocenters. The molecule has 2 aromatic carbocycles. The zero-order valence-electron chi connectivity index (χ0n) is 20.4. The molecule has 206 valence electrons. The minimum Gasteiger partial charge on any atom is -0.475 e. The minimum atomic E-state index is -5.08. The number of alkyl halides is 4. The van der Waals surface area contributed by atoms with E-state index in [-0.39, 0.29) is 11.5 Å². The maximum Gasteiger partial charge on any atom is 0.490 e. The maximum absolute atomic E-state index is 15.0. The van der Waals surface area contributed by atoms with Gasteiger partial charge in [-0.05, 0) is 55.9 Å². The van der Waals surface area contributed by atoms with Crippen molar-refractivity contribution in [2.45, 2.75) is 44.1 Å². The fourth-order valence-corrected chi connectivity index (χ4v) is 4.24. The van der Waals surface area contributed by atoms with Crippen molar-refractivity contribution < 1.29 is 36.2 Å². The zero-order valence-corrected chi connectivity index (χ0v) is 20.4. The number of hydrogen-bond donors (Lipinski definition) is 2. The van der Waals surface area contributed by atoms with E-state index in [1.54, 1.807) is 18.2 Å². The monoisotopic (exact) mass is 551 g/mol. The van der Waals surface area contributed by atoms with Gasteiger partial charge < -0.3 is 15.3 Å². The van der Waals surface area contributed by atoms with Gasteiger partial charge in [0.1, 0.15) is 17.8 Å². The maximum atomic E-state index is 15.0. The quantitative estimate of drug-likeness (QED) is 0.380. The van der Waals surface area contributed by atoms with Gasteiger partial charge >= 0.3 is 12.1 Å². The van der Waals surface area contributed by atoms with Gasteiger partial charge in [-0.2, -0.15) is 18.4 Å². The Kier molecular flexibility index (Phi) is 8.13. The number of aromatic nitrogens is 2. The molecule has 5 rings (SSSR count). The van der Waals surface area contributed by atoms with Crippen LogP contribution in [0.3, 0.4) is 0 Å². The molecule has 1 aromatic heterocycles. The predicted molar refractivity (Wildman–Crippen MR) is 130 cm³/mol. The van der Waals surface area contributed by atoms with Crippen molar-refractivity contribution >= 4 is 28.6 Å². The summed E-state index contributed by atoms with van der Waals surface area (Å²) >= 11 is 0. The Bertz CT molecular complexity index is 1400. The van der Waals surface area contributed by atoms with Gasteiger partial charge in [-0.1, -0.05) is 6.07 Å². The van der Waals surface area contributed by atoms with Crippen molar-refractivity contribution in [3.8, 4) is 6.07 Å². The van der Waals surface area contributed by atoms with Gasteiger partial charge in [-0.3, -0.25) is 0 Å². The van der Waals surface area contributed by atoms with Crippen LogP contribution in [0.1, 0.15) is 43.0 Å². The van der Waals surface area contributed by atoms with Crippen molar-refractivity contribution in [1.82, 2.24) is 9.97 Å². The van der Waals surface area contributed by atoms with E-state index in [0.29, 0.717) is 60.2 Å². The molecular weight excluding hydrogens is 528 g/mol. The smallest absolute Gasteiger partial charge is 0.475 e. The van der Waals surface area contributed by atoms with E-state index in [1.165, 1.54) is 6.07 Å². The Hall–Kier alpha value is -4.08. The van der Waals surface area contributed by atoms with E-state index in [0.717, 1.165) is 25.0 Å². The summed E-state index contributed by atoms with van der Waals surface area (Å²) in [5, 5.41) is 19.8. The van der Waals surface area contributed by atoms with Gasteiger partial charge in [-0.15, -0.1) is 0 Å². The van der Waals surface area contributed by atoms with E-state index in [9.17, 15) is 27.2 Å². The highest BCUT2D eigenvalue weighted by Gasteiger charge is 2.38. The average molecular weight is 551 g/mol. The van der Waals surface area contributed by atoms with Crippen LogP contribution in [-0.4, -0.2) is 46.4 Å². The number of halogens is 6. The number of carboxylic acids is 1. The number of benzene rings is 2. The van der Waals surface area contributed by atoms with Gasteiger partial charge in [0.05, 0.1) is 22.7 Å². The fourth-order valence-electron chi connectivity index (χ4n) is 4.24. The summed E-state index contributed by atoms with van der Waals surface area (Å²) in [4.78, 5) is 20.5. The number of aliphatic carboxylic acids is 1. The summed E-state index contributed by atoms with van der Waals surface area (Å²) in [6.45, 7) is 1.09. The molecule has 1 aliphatic heterocycles. The molecule has 0 bridgehead atoms. The van der Waals surface area contributed by atoms with Crippen LogP contribution in [0.4, 0.5) is 38.0 Å². The molecule has 1 saturated carbocycles. The first-order valence-electron chi connectivity index (χ1n) is 12.1. The third kappa shape index (κ3) is 6.87. The van der Waals surface area contributed by atoms with Crippen LogP contribution in [-0.2, 0) is 4.79 Å². The van der Waals surface area contributed by atoms with Crippen LogP contribution in [0.25, 0.3) is 11.0 Å². The number of nitrogens with zero attached hydrogens (tertiary/aromatic N) is 4. The molecule has 1 atom stereocenters. The van der Waals surface area contributed by atoms with E-state index in [4.69, 9.17) is 19.9 Å². The van der Waals surface area contributed by atoms with E-state index < -0.39 is 30.0 Å². The summed E-state index contributed by atoms with van der Waals surface area (Å²) in [5.41, 5.74) is 1.78. The van der Waals surface area contributed by atoms with Gasteiger partial charge in [-0.25, -0.2) is 27.9 Å². The summed E-state index contributed by atoms with van der Waals surface area (Å²) in [7, 11) is 0. The molecule has 7 nitrogen and oxygen atoms in total. The Morgan fingerprint density at radius 2 is 1.72 bits per heavy atom. The number of nitrogens with one attached hydrogen (secondary N) is 1. The van der Waals surface area contributed by atoms with Crippen molar-refractivity contribution in [3.63, 3.8) is 0 Å². The summed E-state index contributed by atoms with van der Waals surface area (Å²) in [5.74, 6) is -3.27. The summed E-state index contributed by atoms with van der Waals surface area (Å²) in [6, 6.07) is 10.8. The standard InChI is InChI=1S/C24H22F3N5.C2HF3O2/c25-16-2-5-18(19(26)12-16)22(27)15-7-9-32(10-8-15)24-23(29-17-3-4-17)30-20-6-1-14(13-28)11-21(20)31-24;3-2(4,5)1(6)7/h1-2,5-6,11-12,15,17,22H,3-4,7-10H2,(H,29,30);(H,6,7). The first kappa shape index (κ1) is 27.9. The van der Waals surface area contributed by atoms with Crippen LogP contribution in [0.2, 0.25) is 0 Å². The van der Waals surface area contributed by atoms with Crippen molar-refractivity contribution in [2.24, 2.45) is 5.92 Å². The molecule has 0 spiro atoms. The fraction of sp³-hybridized carbons (Fsp3) is 0.385. The Morgan fingerprint density at radius 1 is 1.05 bits per heavy atom. The Labute approximate surface area is 219 Å². The molecule has 2 N–H and O–H groups in total. The lowest BCUT2D eigenvalue weighted by Crippen LogP contribution is -2.36. The van der Waals surface area contributed by atoms with Crippen molar-refractivity contribution in [1.29, 1.82) is 5.26 Å². The van der Waals surface area contributed by atoms with Crippen LogP contribution in [0, 0.1) is 28.9 Å². The molecular formula is C26H23F6N5O2. The lowest BCUT2D eigenvalue weighted by molar-refractivity contribution is -0.192. The average Bonchev–Trinajstić information content (AvgIpc) is 3.72. The number of carboxylic acid groups (broad SMARTS) is 1. The van der Waals surface area contributed by atoms with Gasteiger partial charge in [0.15, 0.2) is 11.6 Å². The molecule has 2 aliphatic rings. The second kappa shape index (κ2) is 11.3. The number of hydrogen-bond acceptors (Lipinski definition) is 6. The largest absolute Gasteiger partial charge is 0.490 e. The summed E-state index contributed by atoms with van der Waals surface area (Å²) in [6.07, 6.45) is -3.37. The van der Waals surface area contributed by atoms with Crippen LogP contribution in [0.15, 0.2) is 36.4 Å². The van der Waals surface area contributed by atoms with E-state index in [2.05, 4.69) is 16.3 Å². The number of rotatable bonds is 5. The molecule has 0 radical (unpaired) electrons. The molecule has 2 heterocycles. The third-order valence-corrected chi connectivity index (χ3v) is 6.45. The highest BCUT2D eigenvalue weighted by Crippen LogP contribution is 2.38. The highest BCUT2D eigenvalue weighted by molar-refractivity contribution is 5.82. The topological polar surface area (TPSA) is 102 Å². The van der Waals surface area contributed by atoms with E-state index >= 15 is 4.39 Å². The lowest BCUT2D eigenvalue weighted by atomic mass is 9.88. The van der Waals surface area contributed by atoms with Crippen molar-refractivity contribution in [2.75, 3.05) is 23.3 Å². The number of anilines is 2. The second-order valence-electron chi connectivity index (χ2n) is 9.32. The Balaban J connectivity index is 0.000000448. The van der Waals surface area contributed by atoms with Gasteiger partial charge in [0.2, 0.25) is 0 Å². The van der Waals surface area contributed by atoms with Crippen LogP contribution >= 0.6 is 0 Å². The number of carbonyl (C=O) groups is 1.